The number of carbonyl (C=O) groups is 2. The van der Waals surface area contributed by atoms with Crippen molar-refractivity contribution in [2.24, 2.45) is 5.92 Å². The van der Waals surface area contributed by atoms with Gasteiger partial charge in [0, 0.05) is 39.0 Å². The predicted octanol–water partition coefficient (Wildman–Crippen LogP) is 2.49. The Morgan fingerprint density at radius 2 is 1.88 bits per heavy atom. The van der Waals surface area contributed by atoms with Crippen LogP contribution in [0.4, 0.5) is 0 Å². The summed E-state index contributed by atoms with van der Waals surface area (Å²) < 4.78 is 5.17. The Bertz CT molecular complexity index is 614. The van der Waals surface area contributed by atoms with Crippen molar-refractivity contribution in [1.82, 2.24) is 9.80 Å². The van der Waals surface area contributed by atoms with E-state index in [1.54, 1.807) is 14.0 Å². The zero-order valence-electron chi connectivity index (χ0n) is 15.2. The van der Waals surface area contributed by atoms with Gasteiger partial charge in [0.05, 0.1) is 7.11 Å². The fraction of sp³-hybridized carbons (Fsp3) is 0.600. The van der Waals surface area contributed by atoms with E-state index in [0.29, 0.717) is 18.9 Å². The normalized spacial score (nSPS) is 22.6. The Morgan fingerprint density at radius 1 is 1.12 bits per heavy atom. The van der Waals surface area contributed by atoms with Crippen molar-refractivity contribution in [3.05, 3.63) is 29.8 Å². The molecule has 5 nitrogen and oxygen atoms in total. The van der Waals surface area contributed by atoms with Gasteiger partial charge in [0.1, 0.15) is 5.75 Å². The van der Waals surface area contributed by atoms with Crippen LogP contribution in [0.2, 0.25) is 0 Å². The first-order chi connectivity index (χ1) is 12.1. The minimum absolute atomic E-state index is 0.130. The van der Waals surface area contributed by atoms with E-state index in [0.717, 1.165) is 44.5 Å². The highest BCUT2D eigenvalue weighted by atomic mass is 16.5. The maximum Gasteiger partial charge on any atom is 0.222 e. The van der Waals surface area contributed by atoms with Crippen LogP contribution < -0.4 is 4.74 Å². The lowest BCUT2D eigenvalue weighted by Gasteiger charge is -2.36. The van der Waals surface area contributed by atoms with E-state index in [-0.39, 0.29) is 17.9 Å². The van der Waals surface area contributed by atoms with Crippen LogP contribution in [0.15, 0.2) is 24.3 Å². The summed E-state index contributed by atoms with van der Waals surface area (Å²) in [7, 11) is 1.66. The molecule has 2 bridgehead atoms. The molecule has 3 saturated heterocycles. The number of hydrogen-bond acceptors (Lipinski definition) is 3. The number of amides is 2. The number of hydrogen-bond donors (Lipinski definition) is 0. The molecule has 1 aromatic rings. The van der Waals surface area contributed by atoms with Crippen molar-refractivity contribution in [2.45, 2.75) is 45.1 Å². The Morgan fingerprint density at radius 3 is 2.56 bits per heavy atom. The van der Waals surface area contributed by atoms with Gasteiger partial charge in [-0.25, -0.2) is 0 Å². The lowest BCUT2D eigenvalue weighted by molar-refractivity contribution is -0.136. The van der Waals surface area contributed by atoms with E-state index < -0.39 is 0 Å². The first-order valence-corrected chi connectivity index (χ1v) is 9.24. The number of methoxy groups -OCH3 is 1. The van der Waals surface area contributed by atoms with Gasteiger partial charge in [-0.05, 0) is 49.3 Å². The number of rotatable bonds is 5. The highest BCUT2D eigenvalue weighted by molar-refractivity contribution is 5.77. The summed E-state index contributed by atoms with van der Waals surface area (Å²) in [5.74, 6) is 1.67. The summed E-state index contributed by atoms with van der Waals surface area (Å²) in [5, 5.41) is 0. The Hall–Kier alpha value is -2.04. The maximum atomic E-state index is 12.7. The van der Waals surface area contributed by atoms with Crippen molar-refractivity contribution in [3.63, 3.8) is 0 Å². The lowest BCUT2D eigenvalue weighted by Crippen LogP contribution is -2.47. The van der Waals surface area contributed by atoms with Crippen LogP contribution in [-0.2, 0) is 16.0 Å². The Labute approximate surface area is 149 Å². The van der Waals surface area contributed by atoms with E-state index in [1.807, 2.05) is 21.9 Å². The second-order valence-corrected chi connectivity index (χ2v) is 7.27. The zero-order chi connectivity index (χ0) is 17.8. The molecule has 2 amide bonds. The van der Waals surface area contributed by atoms with Gasteiger partial charge in [-0.15, -0.1) is 0 Å². The molecule has 4 rings (SSSR count). The minimum atomic E-state index is 0.130. The SMILES string of the molecule is COc1ccc(CCCC(=O)N2C[C@@H]3CC[C@H]2CN(C(C)=O)C3)cc1. The summed E-state index contributed by atoms with van der Waals surface area (Å²) in [4.78, 5) is 28.4. The van der Waals surface area contributed by atoms with Crippen molar-refractivity contribution in [3.8, 4) is 5.75 Å². The molecule has 0 aliphatic carbocycles. The first-order valence-electron chi connectivity index (χ1n) is 9.24. The smallest absolute Gasteiger partial charge is 0.222 e. The average Bonchev–Trinajstić information content (AvgIpc) is 2.94. The molecular weight excluding hydrogens is 316 g/mol. The number of carbonyl (C=O) groups excluding carboxylic acids is 2. The average molecular weight is 344 g/mol. The molecule has 0 radical (unpaired) electrons. The van der Waals surface area contributed by atoms with Crippen molar-refractivity contribution in [2.75, 3.05) is 26.7 Å². The lowest BCUT2D eigenvalue weighted by atomic mass is 9.94. The Balaban J connectivity index is 1.51. The van der Waals surface area contributed by atoms with Crippen LogP contribution in [0.1, 0.15) is 38.2 Å². The molecule has 3 aliphatic heterocycles. The van der Waals surface area contributed by atoms with Crippen LogP contribution in [0.25, 0.3) is 0 Å². The van der Waals surface area contributed by atoms with E-state index in [1.165, 1.54) is 5.56 Å². The second-order valence-electron chi connectivity index (χ2n) is 7.27. The number of ether oxygens (including phenoxy) is 1. The van der Waals surface area contributed by atoms with E-state index >= 15 is 0 Å². The highest BCUT2D eigenvalue weighted by Crippen LogP contribution is 2.28. The van der Waals surface area contributed by atoms with E-state index in [2.05, 4.69) is 12.1 Å². The second kappa shape index (κ2) is 7.89. The molecule has 25 heavy (non-hydrogen) atoms. The van der Waals surface area contributed by atoms with Crippen molar-refractivity contribution >= 4 is 11.8 Å². The molecule has 0 aromatic heterocycles. The number of piperidine rings is 1. The fourth-order valence-electron chi connectivity index (χ4n) is 4.02. The third-order valence-corrected chi connectivity index (χ3v) is 5.49. The minimum Gasteiger partial charge on any atom is -0.497 e. The molecular formula is C20H28N2O3. The Kier molecular flexibility index (Phi) is 5.61. The third-order valence-electron chi connectivity index (χ3n) is 5.49. The van der Waals surface area contributed by atoms with Crippen LogP contribution in [-0.4, -0.2) is 54.4 Å². The molecule has 0 N–H and O–H groups in total. The van der Waals surface area contributed by atoms with Crippen LogP contribution in [0.3, 0.4) is 0 Å². The first kappa shape index (κ1) is 17.8. The predicted molar refractivity (Wildman–Crippen MR) is 96.4 cm³/mol. The van der Waals surface area contributed by atoms with E-state index in [9.17, 15) is 9.59 Å². The highest BCUT2D eigenvalue weighted by Gasteiger charge is 2.37. The largest absolute Gasteiger partial charge is 0.497 e. The van der Waals surface area contributed by atoms with Crippen molar-refractivity contribution in [1.29, 1.82) is 0 Å². The van der Waals surface area contributed by atoms with Gasteiger partial charge in [0.25, 0.3) is 0 Å². The monoisotopic (exact) mass is 344 g/mol. The molecule has 0 unspecified atom stereocenters. The summed E-state index contributed by atoms with van der Waals surface area (Å²) in [5.41, 5.74) is 1.23. The van der Waals surface area contributed by atoms with Gasteiger partial charge >= 0.3 is 0 Å². The third kappa shape index (κ3) is 4.33. The van der Waals surface area contributed by atoms with Gasteiger partial charge in [0.15, 0.2) is 0 Å². The molecule has 0 spiro atoms. The topological polar surface area (TPSA) is 49.9 Å². The molecule has 0 saturated carbocycles. The van der Waals surface area contributed by atoms with Crippen molar-refractivity contribution < 1.29 is 14.3 Å². The van der Waals surface area contributed by atoms with Gasteiger partial charge < -0.3 is 14.5 Å². The van der Waals surface area contributed by atoms with Gasteiger partial charge in [0.2, 0.25) is 11.8 Å². The summed E-state index contributed by atoms with van der Waals surface area (Å²) in [6, 6.07) is 8.24. The van der Waals surface area contributed by atoms with Crippen LogP contribution >= 0.6 is 0 Å². The summed E-state index contributed by atoms with van der Waals surface area (Å²) in [6.45, 7) is 3.96. The molecule has 136 valence electrons. The quantitative estimate of drug-likeness (QED) is 0.824. The number of fused-ring (bicyclic) bond motifs is 4. The van der Waals surface area contributed by atoms with E-state index in [4.69, 9.17) is 4.74 Å². The zero-order valence-corrected chi connectivity index (χ0v) is 15.2. The summed E-state index contributed by atoms with van der Waals surface area (Å²) in [6.07, 6.45) is 4.49. The van der Waals surface area contributed by atoms with Crippen LogP contribution in [0, 0.1) is 5.92 Å². The molecule has 3 heterocycles. The van der Waals surface area contributed by atoms with Gasteiger partial charge in [-0.1, -0.05) is 12.1 Å². The standard InChI is InChI=1S/C20H28N2O3/c1-15(23)21-12-17-6-9-18(14-21)22(13-17)20(24)5-3-4-16-7-10-19(25-2)11-8-16/h7-8,10-11,17-18H,3-6,9,12-14H2,1-2H3/t17-,18+/m1/s1. The number of benzene rings is 1. The van der Waals surface area contributed by atoms with Gasteiger partial charge in [-0.2, -0.15) is 0 Å². The summed E-state index contributed by atoms with van der Waals surface area (Å²) >= 11 is 0. The molecule has 1 aromatic carbocycles. The molecule has 3 fully saturated rings. The van der Waals surface area contributed by atoms with Gasteiger partial charge in [-0.3, -0.25) is 9.59 Å². The number of aryl methyl sites for hydroxylation is 1. The maximum absolute atomic E-state index is 12.7. The van der Waals surface area contributed by atoms with Crippen LogP contribution in [0.5, 0.6) is 5.75 Å². The molecule has 5 heteroatoms. The molecule has 2 atom stereocenters. The number of nitrogens with zero attached hydrogens (tertiary/aromatic N) is 2. The molecule has 3 aliphatic rings. The fourth-order valence-corrected chi connectivity index (χ4v) is 4.02.